The average molecular weight is 533 g/mol. The number of aryl methyl sites for hydroxylation is 1. The van der Waals surface area contributed by atoms with E-state index in [1.54, 1.807) is 0 Å². The van der Waals surface area contributed by atoms with E-state index in [2.05, 4.69) is 10.0 Å². The maximum Gasteiger partial charge on any atom is 0.336 e. The summed E-state index contributed by atoms with van der Waals surface area (Å²) in [5.74, 6) is -1.30. The van der Waals surface area contributed by atoms with Crippen molar-refractivity contribution in [1.29, 1.82) is 0 Å². The van der Waals surface area contributed by atoms with Crippen molar-refractivity contribution >= 4 is 21.9 Å². The Labute approximate surface area is 217 Å². The molecule has 1 spiro atoms. The van der Waals surface area contributed by atoms with Crippen molar-refractivity contribution in [3.8, 4) is 0 Å². The Bertz CT molecular complexity index is 1310. The van der Waals surface area contributed by atoms with Crippen LogP contribution in [0.25, 0.3) is 0 Å². The molecule has 2 aromatic rings. The SMILES string of the molecule is CCc1nn(CC(C)(C)Cc2c(C(=O)O)cccc2S(=O)(=O)NC)c2c1C(=O)NCC1(CCOCC1)C2. The molecule has 11 heteroatoms. The summed E-state index contributed by atoms with van der Waals surface area (Å²) in [6, 6.07) is 4.30. The number of sulfonamides is 1. The minimum atomic E-state index is -3.88. The van der Waals surface area contributed by atoms with Crippen molar-refractivity contribution in [3.63, 3.8) is 0 Å². The van der Waals surface area contributed by atoms with Gasteiger partial charge in [-0.15, -0.1) is 0 Å². The molecule has 3 heterocycles. The Morgan fingerprint density at radius 2 is 2.00 bits per heavy atom. The lowest BCUT2D eigenvalue weighted by Crippen LogP contribution is -2.41. The molecule has 0 atom stereocenters. The standard InChI is InChI=1S/C26H36N4O6S/c1-5-19-22-20(14-26(15-28-23(22)31)9-11-36-12-10-26)30(29-19)16-25(2,3)13-18-17(24(32)33)7-6-8-21(18)37(34,35)27-4/h6-8,27H,5,9-16H2,1-4H3,(H,28,31)(H,32,33). The number of nitrogens with one attached hydrogen (secondary N) is 2. The molecular formula is C26H36N4O6S. The molecule has 202 valence electrons. The van der Waals surface area contributed by atoms with Crippen molar-refractivity contribution in [2.45, 2.75) is 64.3 Å². The number of benzene rings is 1. The second-order valence-electron chi connectivity index (χ2n) is 10.9. The molecule has 0 radical (unpaired) electrons. The van der Waals surface area contributed by atoms with Crippen LogP contribution in [-0.4, -0.2) is 62.0 Å². The summed E-state index contributed by atoms with van der Waals surface area (Å²) in [4.78, 5) is 25.1. The first-order valence-corrected chi connectivity index (χ1v) is 14.1. The first-order chi connectivity index (χ1) is 17.4. The van der Waals surface area contributed by atoms with E-state index in [4.69, 9.17) is 9.84 Å². The third-order valence-electron chi connectivity index (χ3n) is 7.57. The van der Waals surface area contributed by atoms with Gasteiger partial charge >= 0.3 is 5.97 Å². The van der Waals surface area contributed by atoms with Crippen molar-refractivity contribution in [3.05, 3.63) is 46.3 Å². The molecule has 1 aromatic carbocycles. The third kappa shape index (κ3) is 5.44. The van der Waals surface area contributed by atoms with E-state index < -0.39 is 21.4 Å². The molecule has 0 aliphatic carbocycles. The topological polar surface area (TPSA) is 140 Å². The van der Waals surface area contributed by atoms with Crippen molar-refractivity contribution < 1.29 is 27.9 Å². The quantitative estimate of drug-likeness (QED) is 0.474. The van der Waals surface area contributed by atoms with Gasteiger partial charge in [-0.05, 0) is 67.7 Å². The molecule has 3 N–H and O–H groups in total. The second kappa shape index (κ2) is 10.2. The smallest absolute Gasteiger partial charge is 0.336 e. The van der Waals surface area contributed by atoms with Gasteiger partial charge in [0.1, 0.15) is 0 Å². The number of carbonyl (C=O) groups is 2. The number of rotatable bonds is 8. The summed E-state index contributed by atoms with van der Waals surface area (Å²) in [7, 11) is -2.57. The van der Waals surface area contributed by atoms with Gasteiger partial charge in [0.15, 0.2) is 0 Å². The predicted molar refractivity (Wildman–Crippen MR) is 137 cm³/mol. The molecule has 10 nitrogen and oxygen atoms in total. The highest BCUT2D eigenvalue weighted by Crippen LogP contribution is 2.38. The Kier molecular flexibility index (Phi) is 7.51. The minimum Gasteiger partial charge on any atom is -0.478 e. The highest BCUT2D eigenvalue weighted by molar-refractivity contribution is 7.89. The molecule has 1 aromatic heterocycles. The maximum atomic E-state index is 13.2. The molecule has 1 fully saturated rings. The number of nitrogens with zero attached hydrogens (tertiary/aromatic N) is 2. The third-order valence-corrected chi connectivity index (χ3v) is 9.07. The Hall–Kier alpha value is -2.76. The fraction of sp³-hybridized carbons (Fsp3) is 0.577. The van der Waals surface area contributed by atoms with Gasteiger partial charge in [-0.25, -0.2) is 17.9 Å². The van der Waals surface area contributed by atoms with Crippen LogP contribution >= 0.6 is 0 Å². The molecule has 1 saturated heterocycles. The Morgan fingerprint density at radius 1 is 1.30 bits per heavy atom. The highest BCUT2D eigenvalue weighted by Gasteiger charge is 2.40. The van der Waals surface area contributed by atoms with Gasteiger partial charge in [0.25, 0.3) is 5.91 Å². The summed E-state index contributed by atoms with van der Waals surface area (Å²) >= 11 is 0. The fourth-order valence-electron chi connectivity index (χ4n) is 5.55. The molecule has 2 aliphatic heterocycles. The van der Waals surface area contributed by atoms with Crippen LogP contribution in [0.5, 0.6) is 0 Å². The first-order valence-electron chi connectivity index (χ1n) is 12.7. The Balaban J connectivity index is 1.75. The number of carbonyl (C=O) groups excluding carboxylic acids is 1. The number of carboxylic acids is 1. The van der Waals surface area contributed by atoms with Gasteiger partial charge in [-0.1, -0.05) is 26.8 Å². The minimum absolute atomic E-state index is 0.0431. The molecule has 0 bridgehead atoms. The van der Waals surface area contributed by atoms with Crippen LogP contribution in [0.1, 0.15) is 71.3 Å². The van der Waals surface area contributed by atoms with E-state index in [0.717, 1.165) is 24.2 Å². The number of hydrogen-bond donors (Lipinski definition) is 3. The van der Waals surface area contributed by atoms with E-state index in [1.807, 2.05) is 25.5 Å². The van der Waals surface area contributed by atoms with Gasteiger partial charge < -0.3 is 15.2 Å². The first kappa shape index (κ1) is 27.3. The second-order valence-corrected chi connectivity index (χ2v) is 12.7. The number of ether oxygens (including phenoxy) is 1. The Morgan fingerprint density at radius 3 is 2.62 bits per heavy atom. The average Bonchev–Trinajstić information content (AvgIpc) is 3.11. The van der Waals surface area contributed by atoms with E-state index in [1.165, 1.54) is 25.2 Å². The lowest BCUT2D eigenvalue weighted by atomic mass is 9.76. The molecule has 1 amide bonds. The molecule has 4 rings (SSSR count). The monoisotopic (exact) mass is 532 g/mol. The fourth-order valence-corrected chi connectivity index (χ4v) is 6.54. The van der Waals surface area contributed by atoms with Gasteiger partial charge in [-0.2, -0.15) is 5.10 Å². The van der Waals surface area contributed by atoms with Gasteiger partial charge in [0.2, 0.25) is 10.0 Å². The number of aromatic nitrogens is 2. The summed E-state index contributed by atoms with van der Waals surface area (Å²) in [6.07, 6.45) is 3.18. The lowest BCUT2D eigenvalue weighted by molar-refractivity contribution is 0.0150. The summed E-state index contributed by atoms with van der Waals surface area (Å²) in [5, 5.41) is 17.8. The van der Waals surface area contributed by atoms with Crippen LogP contribution in [0.15, 0.2) is 23.1 Å². The number of amides is 1. The van der Waals surface area contributed by atoms with Crippen molar-refractivity contribution in [2.75, 3.05) is 26.8 Å². The molecule has 37 heavy (non-hydrogen) atoms. The molecular weight excluding hydrogens is 496 g/mol. The number of carboxylic acid groups (broad SMARTS) is 1. The van der Waals surface area contributed by atoms with E-state index in [0.29, 0.717) is 44.7 Å². The lowest BCUT2D eigenvalue weighted by Gasteiger charge is -2.36. The zero-order valence-corrected chi connectivity index (χ0v) is 22.7. The van der Waals surface area contributed by atoms with Crippen LogP contribution in [0.2, 0.25) is 0 Å². The largest absolute Gasteiger partial charge is 0.478 e. The number of aromatic carboxylic acids is 1. The van der Waals surface area contributed by atoms with E-state index in [-0.39, 0.29) is 33.8 Å². The normalized spacial score (nSPS) is 17.8. The molecule has 0 unspecified atom stereocenters. The summed E-state index contributed by atoms with van der Waals surface area (Å²) in [5.41, 5.74) is 1.77. The van der Waals surface area contributed by atoms with Gasteiger partial charge in [0, 0.05) is 26.3 Å². The maximum absolute atomic E-state index is 13.2. The van der Waals surface area contributed by atoms with E-state index >= 15 is 0 Å². The molecule has 0 saturated carbocycles. The van der Waals surface area contributed by atoms with Crippen molar-refractivity contribution in [2.24, 2.45) is 10.8 Å². The van der Waals surface area contributed by atoms with E-state index in [9.17, 15) is 23.1 Å². The van der Waals surface area contributed by atoms with Crippen LogP contribution in [0.3, 0.4) is 0 Å². The van der Waals surface area contributed by atoms with Crippen LogP contribution in [-0.2, 0) is 40.6 Å². The van der Waals surface area contributed by atoms with Crippen LogP contribution < -0.4 is 10.0 Å². The zero-order chi connectivity index (χ0) is 27.0. The van der Waals surface area contributed by atoms with Crippen LogP contribution in [0, 0.1) is 10.8 Å². The molecule has 2 aliphatic rings. The van der Waals surface area contributed by atoms with Crippen molar-refractivity contribution in [1.82, 2.24) is 19.8 Å². The summed E-state index contributed by atoms with van der Waals surface area (Å²) in [6.45, 7) is 8.18. The zero-order valence-electron chi connectivity index (χ0n) is 21.9. The number of hydrogen-bond acceptors (Lipinski definition) is 6. The van der Waals surface area contributed by atoms with Gasteiger partial charge in [0.05, 0.1) is 27.4 Å². The highest BCUT2D eigenvalue weighted by atomic mass is 32.2. The summed E-state index contributed by atoms with van der Waals surface area (Å²) < 4.78 is 35.3. The van der Waals surface area contributed by atoms with Crippen LogP contribution in [0.4, 0.5) is 0 Å². The number of fused-ring (bicyclic) bond motifs is 1. The predicted octanol–water partition coefficient (Wildman–Crippen LogP) is 2.40. The van der Waals surface area contributed by atoms with Gasteiger partial charge in [-0.3, -0.25) is 9.48 Å².